The van der Waals surface area contributed by atoms with Crippen LogP contribution in [-0.2, 0) is 4.79 Å². The molecule has 0 bridgehead atoms. The fourth-order valence-corrected chi connectivity index (χ4v) is 2.94. The lowest BCUT2D eigenvalue weighted by Crippen LogP contribution is -2.37. The molecule has 1 aliphatic rings. The zero-order chi connectivity index (χ0) is 12.4. The summed E-state index contributed by atoms with van der Waals surface area (Å²) in [5, 5.41) is 6.26. The van der Waals surface area contributed by atoms with Crippen molar-refractivity contribution in [1.29, 1.82) is 0 Å². The van der Waals surface area contributed by atoms with Gasteiger partial charge in [0.15, 0.2) is 0 Å². The summed E-state index contributed by atoms with van der Waals surface area (Å²) in [7, 11) is 0. The highest BCUT2D eigenvalue weighted by atomic mass is 32.1. The summed E-state index contributed by atoms with van der Waals surface area (Å²) in [6.45, 7) is 0.797. The van der Waals surface area contributed by atoms with E-state index in [9.17, 15) is 4.79 Å². The van der Waals surface area contributed by atoms with Crippen LogP contribution >= 0.6 is 11.3 Å². The van der Waals surface area contributed by atoms with Gasteiger partial charge in [-0.25, -0.2) is 4.98 Å². The van der Waals surface area contributed by atoms with Gasteiger partial charge in [0.1, 0.15) is 6.04 Å². The number of fused-ring (bicyclic) bond motifs is 1. The van der Waals surface area contributed by atoms with Crippen LogP contribution in [0.2, 0.25) is 0 Å². The third-order valence-electron chi connectivity index (χ3n) is 3.21. The first-order chi connectivity index (χ1) is 8.83. The molecule has 1 aromatic heterocycles. The highest BCUT2D eigenvalue weighted by Crippen LogP contribution is 2.23. The fraction of sp³-hybridized carbons (Fsp3) is 0.385. The number of nitrogens with one attached hydrogen (secondary N) is 2. The van der Waals surface area contributed by atoms with Crippen molar-refractivity contribution in [1.82, 2.24) is 10.3 Å². The van der Waals surface area contributed by atoms with E-state index in [0.717, 1.165) is 41.7 Å². The van der Waals surface area contributed by atoms with Gasteiger partial charge in [0, 0.05) is 12.2 Å². The van der Waals surface area contributed by atoms with Crippen LogP contribution in [0.4, 0.5) is 5.69 Å². The Bertz CT molecular complexity index is 566. The first-order valence-corrected chi connectivity index (χ1v) is 7.08. The predicted molar refractivity (Wildman–Crippen MR) is 73.9 cm³/mol. The molecule has 1 atom stereocenters. The first kappa shape index (κ1) is 11.5. The Balaban J connectivity index is 1.79. The number of benzene rings is 1. The number of hydrogen-bond acceptors (Lipinski definition) is 4. The molecule has 0 radical (unpaired) electrons. The van der Waals surface area contributed by atoms with Crippen LogP contribution in [0.25, 0.3) is 10.2 Å². The highest BCUT2D eigenvalue weighted by molar-refractivity contribution is 7.16. The molecule has 2 aromatic rings. The third-order valence-corrected chi connectivity index (χ3v) is 4.00. The molecule has 1 aliphatic heterocycles. The summed E-state index contributed by atoms with van der Waals surface area (Å²) in [5.74, 6) is 0.108. The van der Waals surface area contributed by atoms with E-state index >= 15 is 0 Å². The number of nitrogens with zero attached hydrogens (tertiary/aromatic N) is 1. The van der Waals surface area contributed by atoms with E-state index in [2.05, 4.69) is 21.7 Å². The number of anilines is 1. The molecule has 4 nitrogen and oxygen atoms in total. The molecule has 1 unspecified atom stereocenters. The molecule has 94 valence electrons. The molecule has 1 aromatic carbocycles. The Morgan fingerprint density at radius 1 is 1.39 bits per heavy atom. The Labute approximate surface area is 109 Å². The normalized spacial score (nSPS) is 20.4. The Kier molecular flexibility index (Phi) is 3.15. The number of amides is 1. The van der Waals surface area contributed by atoms with Crippen LogP contribution in [0, 0.1) is 0 Å². The van der Waals surface area contributed by atoms with Gasteiger partial charge in [0.05, 0.1) is 15.7 Å². The standard InChI is InChI=1S/C13H15N3OS/c17-13-11(3-1-2-6-14-13)16-9-4-5-10-12(7-9)18-8-15-10/h4-5,7-8,11,16H,1-3,6H2,(H,14,17). The van der Waals surface area contributed by atoms with Crippen molar-refractivity contribution in [3.05, 3.63) is 23.7 Å². The van der Waals surface area contributed by atoms with Gasteiger partial charge in [-0.1, -0.05) is 0 Å². The number of aromatic nitrogens is 1. The van der Waals surface area contributed by atoms with Crippen molar-refractivity contribution in [3.8, 4) is 0 Å². The second-order valence-corrected chi connectivity index (χ2v) is 5.40. The van der Waals surface area contributed by atoms with Gasteiger partial charge in [-0.2, -0.15) is 0 Å². The van der Waals surface area contributed by atoms with E-state index in [1.54, 1.807) is 11.3 Å². The average molecular weight is 261 g/mol. The molecule has 18 heavy (non-hydrogen) atoms. The molecule has 2 N–H and O–H groups in total. The smallest absolute Gasteiger partial charge is 0.242 e. The second-order valence-electron chi connectivity index (χ2n) is 4.52. The summed E-state index contributed by atoms with van der Waals surface area (Å²) in [6, 6.07) is 5.92. The maximum atomic E-state index is 11.8. The van der Waals surface area contributed by atoms with E-state index in [1.165, 1.54) is 0 Å². The molecule has 1 amide bonds. The molecule has 3 rings (SSSR count). The lowest BCUT2D eigenvalue weighted by molar-refractivity contribution is -0.121. The largest absolute Gasteiger partial charge is 0.374 e. The minimum absolute atomic E-state index is 0.108. The van der Waals surface area contributed by atoms with Crippen LogP contribution in [0.1, 0.15) is 19.3 Å². The lowest BCUT2D eigenvalue weighted by atomic mass is 10.1. The van der Waals surface area contributed by atoms with Crippen LogP contribution in [0.5, 0.6) is 0 Å². The van der Waals surface area contributed by atoms with Crippen molar-refractivity contribution in [2.75, 3.05) is 11.9 Å². The van der Waals surface area contributed by atoms with Gasteiger partial charge < -0.3 is 10.6 Å². The van der Waals surface area contributed by atoms with E-state index in [1.807, 2.05) is 17.6 Å². The fourth-order valence-electron chi connectivity index (χ4n) is 2.22. The molecule has 0 spiro atoms. The van der Waals surface area contributed by atoms with E-state index in [0.29, 0.717) is 0 Å². The molecule has 2 heterocycles. The highest BCUT2D eigenvalue weighted by Gasteiger charge is 2.20. The second kappa shape index (κ2) is 4.94. The summed E-state index contributed by atoms with van der Waals surface area (Å²) in [6.07, 6.45) is 3.05. The monoisotopic (exact) mass is 261 g/mol. The molecule has 1 fully saturated rings. The van der Waals surface area contributed by atoms with E-state index in [-0.39, 0.29) is 11.9 Å². The molecular formula is C13H15N3OS. The van der Waals surface area contributed by atoms with Crippen LogP contribution in [-0.4, -0.2) is 23.5 Å². The molecule has 1 saturated heterocycles. The minimum atomic E-state index is -0.113. The van der Waals surface area contributed by atoms with Gasteiger partial charge in [-0.15, -0.1) is 11.3 Å². The molecule has 0 aliphatic carbocycles. The van der Waals surface area contributed by atoms with Crippen LogP contribution in [0.15, 0.2) is 23.7 Å². The molecular weight excluding hydrogens is 246 g/mol. The summed E-state index contributed by atoms with van der Waals surface area (Å²) >= 11 is 1.62. The first-order valence-electron chi connectivity index (χ1n) is 6.20. The van der Waals surface area contributed by atoms with Crippen molar-refractivity contribution in [3.63, 3.8) is 0 Å². The van der Waals surface area contributed by atoms with Gasteiger partial charge in [0.25, 0.3) is 0 Å². The van der Waals surface area contributed by atoms with Gasteiger partial charge in [0.2, 0.25) is 5.91 Å². The minimum Gasteiger partial charge on any atom is -0.374 e. The van der Waals surface area contributed by atoms with E-state index < -0.39 is 0 Å². The number of rotatable bonds is 2. The average Bonchev–Trinajstić information content (AvgIpc) is 2.75. The Morgan fingerprint density at radius 3 is 3.28 bits per heavy atom. The predicted octanol–water partition coefficient (Wildman–Crippen LogP) is 2.38. The lowest BCUT2D eigenvalue weighted by Gasteiger charge is -2.16. The summed E-state index contributed by atoms with van der Waals surface area (Å²) in [4.78, 5) is 16.1. The number of thiazole rings is 1. The maximum absolute atomic E-state index is 11.8. The number of carbonyl (C=O) groups excluding carboxylic acids is 1. The van der Waals surface area contributed by atoms with Crippen molar-refractivity contribution < 1.29 is 4.79 Å². The van der Waals surface area contributed by atoms with Gasteiger partial charge in [-0.3, -0.25) is 4.79 Å². The zero-order valence-electron chi connectivity index (χ0n) is 9.98. The van der Waals surface area contributed by atoms with Crippen molar-refractivity contribution >= 4 is 33.1 Å². The van der Waals surface area contributed by atoms with Crippen molar-refractivity contribution in [2.45, 2.75) is 25.3 Å². The topological polar surface area (TPSA) is 54.0 Å². The van der Waals surface area contributed by atoms with Gasteiger partial charge in [-0.05, 0) is 37.5 Å². The Morgan fingerprint density at radius 2 is 2.33 bits per heavy atom. The Hall–Kier alpha value is -1.62. The molecule has 0 saturated carbocycles. The van der Waals surface area contributed by atoms with E-state index in [4.69, 9.17) is 0 Å². The zero-order valence-corrected chi connectivity index (χ0v) is 10.8. The summed E-state index contributed by atoms with van der Waals surface area (Å²) in [5.41, 5.74) is 3.84. The van der Waals surface area contributed by atoms with Crippen LogP contribution < -0.4 is 10.6 Å². The number of carbonyl (C=O) groups is 1. The van der Waals surface area contributed by atoms with Gasteiger partial charge >= 0.3 is 0 Å². The third kappa shape index (κ3) is 2.31. The maximum Gasteiger partial charge on any atom is 0.242 e. The quantitative estimate of drug-likeness (QED) is 0.872. The SMILES string of the molecule is O=C1NCCCCC1Nc1ccc2ncsc2c1. The van der Waals surface area contributed by atoms with Crippen molar-refractivity contribution in [2.24, 2.45) is 0 Å². The number of hydrogen-bond donors (Lipinski definition) is 2. The van der Waals surface area contributed by atoms with Crippen LogP contribution in [0.3, 0.4) is 0 Å². The molecule has 5 heteroatoms. The summed E-state index contributed by atoms with van der Waals surface area (Å²) < 4.78 is 1.15.